The van der Waals surface area contributed by atoms with Crippen LogP contribution in [0.2, 0.25) is 0 Å². The number of thioether (sulfide) groups is 1. The minimum absolute atomic E-state index is 0.0204. The SMILES string of the molecule is C=CCN(Cc1ccccc1)C(=O)[C@@H]1[C@@H]2CCC3(S2)C(C(=O)N(CC=C)c2cc(C)ccc2C)N(CCCCO)C(=O)[C@H]13. The Kier molecular flexibility index (Phi) is 9.47. The van der Waals surface area contributed by atoms with E-state index in [0.717, 1.165) is 28.8 Å². The summed E-state index contributed by atoms with van der Waals surface area (Å²) in [7, 11) is 0. The van der Waals surface area contributed by atoms with Gasteiger partial charge in [-0.3, -0.25) is 14.4 Å². The Balaban J connectivity index is 1.53. The molecule has 0 aromatic heterocycles. The van der Waals surface area contributed by atoms with Crippen LogP contribution in [0.3, 0.4) is 0 Å². The zero-order valence-corrected chi connectivity index (χ0v) is 26.1. The highest BCUT2D eigenvalue weighted by Crippen LogP contribution is 2.66. The molecule has 3 aliphatic heterocycles. The molecule has 8 heteroatoms. The highest BCUT2D eigenvalue weighted by Gasteiger charge is 2.74. The lowest BCUT2D eigenvalue weighted by Gasteiger charge is -2.38. The van der Waals surface area contributed by atoms with Crippen molar-refractivity contribution in [1.29, 1.82) is 0 Å². The average molecular weight is 602 g/mol. The summed E-state index contributed by atoms with van der Waals surface area (Å²) < 4.78 is -0.678. The number of carbonyl (C=O) groups is 3. The molecule has 0 radical (unpaired) electrons. The molecule has 3 aliphatic rings. The minimum Gasteiger partial charge on any atom is -0.396 e. The molecule has 0 saturated carbocycles. The maximum atomic E-state index is 14.8. The van der Waals surface area contributed by atoms with E-state index in [4.69, 9.17) is 0 Å². The fourth-order valence-electron chi connectivity index (χ4n) is 7.35. The van der Waals surface area contributed by atoms with E-state index in [0.29, 0.717) is 45.4 Å². The van der Waals surface area contributed by atoms with Gasteiger partial charge in [0.25, 0.3) is 5.91 Å². The number of aryl methyl sites for hydroxylation is 2. The molecule has 2 bridgehead atoms. The quantitative estimate of drug-likeness (QED) is 0.261. The van der Waals surface area contributed by atoms with Crippen LogP contribution in [0.1, 0.15) is 42.4 Å². The van der Waals surface area contributed by atoms with Crippen molar-refractivity contribution in [1.82, 2.24) is 9.80 Å². The van der Waals surface area contributed by atoms with E-state index in [1.54, 1.807) is 38.6 Å². The summed E-state index contributed by atoms with van der Waals surface area (Å²) >= 11 is 1.69. The molecule has 1 N–H and O–H groups in total. The molecule has 3 saturated heterocycles. The summed E-state index contributed by atoms with van der Waals surface area (Å²) in [4.78, 5) is 48.9. The van der Waals surface area contributed by atoms with E-state index in [-0.39, 0.29) is 29.6 Å². The number of rotatable bonds is 13. The molecule has 2 unspecified atom stereocenters. The summed E-state index contributed by atoms with van der Waals surface area (Å²) in [5.41, 5.74) is 3.86. The third-order valence-electron chi connectivity index (χ3n) is 9.24. The second-order valence-corrected chi connectivity index (χ2v) is 13.6. The van der Waals surface area contributed by atoms with Crippen LogP contribution in [-0.4, -0.2) is 74.9 Å². The largest absolute Gasteiger partial charge is 0.396 e. The third-order valence-corrected chi connectivity index (χ3v) is 11.2. The van der Waals surface area contributed by atoms with Crippen molar-refractivity contribution in [2.45, 2.75) is 62.1 Å². The molecule has 7 nitrogen and oxygen atoms in total. The predicted octanol–water partition coefficient (Wildman–Crippen LogP) is 4.90. The second-order valence-electron chi connectivity index (χ2n) is 12.0. The number of unbranched alkanes of at least 4 members (excludes halogenated alkanes) is 1. The van der Waals surface area contributed by atoms with Gasteiger partial charge in [0, 0.05) is 43.7 Å². The first kappa shape index (κ1) is 31.1. The van der Waals surface area contributed by atoms with E-state index in [1.165, 1.54) is 0 Å². The average Bonchev–Trinajstić information content (AvgIpc) is 3.64. The Labute approximate surface area is 259 Å². The number of aliphatic hydroxyl groups is 1. The van der Waals surface area contributed by atoms with E-state index in [2.05, 4.69) is 13.2 Å². The number of nitrogens with zero attached hydrogens (tertiary/aromatic N) is 3. The van der Waals surface area contributed by atoms with Crippen molar-refractivity contribution in [2.75, 3.05) is 31.1 Å². The fourth-order valence-corrected chi connectivity index (χ4v) is 9.55. The molecule has 3 heterocycles. The molecule has 228 valence electrons. The van der Waals surface area contributed by atoms with Crippen LogP contribution in [0.15, 0.2) is 73.8 Å². The van der Waals surface area contributed by atoms with Crippen LogP contribution < -0.4 is 4.90 Å². The number of hydrogen-bond donors (Lipinski definition) is 1. The van der Waals surface area contributed by atoms with Crippen LogP contribution in [-0.2, 0) is 20.9 Å². The van der Waals surface area contributed by atoms with Gasteiger partial charge in [-0.1, -0.05) is 54.6 Å². The maximum Gasteiger partial charge on any atom is 0.251 e. The zero-order valence-electron chi connectivity index (χ0n) is 25.3. The number of carbonyl (C=O) groups excluding carboxylic acids is 3. The number of aliphatic hydroxyl groups excluding tert-OH is 1. The molecule has 2 aromatic rings. The number of amides is 3. The highest BCUT2D eigenvalue weighted by molar-refractivity contribution is 8.02. The number of anilines is 1. The van der Waals surface area contributed by atoms with Crippen LogP contribution in [0, 0.1) is 25.7 Å². The molecule has 5 rings (SSSR count). The Bertz CT molecular complexity index is 1380. The number of hydrogen-bond acceptors (Lipinski definition) is 5. The molecule has 0 aliphatic carbocycles. The first-order chi connectivity index (χ1) is 20.8. The van der Waals surface area contributed by atoms with E-state index < -0.39 is 22.6 Å². The highest BCUT2D eigenvalue weighted by atomic mass is 32.2. The van der Waals surface area contributed by atoms with Crippen LogP contribution in [0.4, 0.5) is 5.69 Å². The molecule has 3 amide bonds. The lowest BCUT2D eigenvalue weighted by Crippen LogP contribution is -2.55. The van der Waals surface area contributed by atoms with Gasteiger partial charge in [-0.05, 0) is 62.3 Å². The van der Waals surface area contributed by atoms with Gasteiger partial charge in [-0.25, -0.2) is 0 Å². The van der Waals surface area contributed by atoms with Crippen molar-refractivity contribution in [3.8, 4) is 0 Å². The summed E-state index contributed by atoms with van der Waals surface area (Å²) in [5, 5.41) is 9.48. The van der Waals surface area contributed by atoms with Crippen molar-refractivity contribution >= 4 is 35.2 Å². The topological polar surface area (TPSA) is 81.2 Å². The first-order valence-electron chi connectivity index (χ1n) is 15.3. The molecular formula is C35H43N3O4S. The third kappa shape index (κ3) is 5.67. The van der Waals surface area contributed by atoms with Crippen molar-refractivity contribution in [3.63, 3.8) is 0 Å². The summed E-state index contributed by atoms with van der Waals surface area (Å²) in [6.45, 7) is 13.4. The van der Waals surface area contributed by atoms with Crippen molar-refractivity contribution in [3.05, 3.63) is 90.5 Å². The first-order valence-corrected chi connectivity index (χ1v) is 16.2. The summed E-state index contributed by atoms with van der Waals surface area (Å²) in [5.74, 6) is -1.34. The van der Waals surface area contributed by atoms with Crippen molar-refractivity contribution < 1.29 is 19.5 Å². The number of likely N-dealkylation sites (tertiary alicyclic amines) is 1. The Hall–Kier alpha value is -3.36. The lowest BCUT2D eigenvalue weighted by molar-refractivity contribution is -0.144. The summed E-state index contributed by atoms with van der Waals surface area (Å²) in [6, 6.07) is 15.2. The predicted molar refractivity (Wildman–Crippen MR) is 173 cm³/mol. The Morgan fingerprint density at radius 2 is 1.81 bits per heavy atom. The smallest absolute Gasteiger partial charge is 0.251 e. The monoisotopic (exact) mass is 601 g/mol. The molecule has 43 heavy (non-hydrogen) atoms. The van der Waals surface area contributed by atoms with Gasteiger partial charge >= 0.3 is 0 Å². The molecule has 5 atom stereocenters. The van der Waals surface area contributed by atoms with Gasteiger partial charge in [-0.15, -0.1) is 24.9 Å². The van der Waals surface area contributed by atoms with Gasteiger partial charge in [0.1, 0.15) is 6.04 Å². The normalized spacial score (nSPS) is 25.5. The van der Waals surface area contributed by atoms with Gasteiger partial charge < -0.3 is 19.8 Å². The van der Waals surface area contributed by atoms with Crippen LogP contribution in [0.25, 0.3) is 0 Å². The number of fused-ring (bicyclic) bond motifs is 1. The second kappa shape index (κ2) is 13.1. The fraction of sp³-hybridized carbons (Fsp3) is 0.457. The van der Waals surface area contributed by atoms with Gasteiger partial charge in [0.05, 0.1) is 16.6 Å². The molecular weight excluding hydrogens is 558 g/mol. The summed E-state index contributed by atoms with van der Waals surface area (Å²) in [6.07, 6.45) is 6.09. The Morgan fingerprint density at radius 3 is 2.51 bits per heavy atom. The molecule has 2 aromatic carbocycles. The standard InChI is InChI=1S/C35H43N3O4S/c1-5-18-36(23-26-12-8-7-9-13-26)32(40)29-28-16-17-35(43-28)30(29)33(41)38(20-10-11-21-39)31(35)34(42)37(19-6-2)27-22-24(3)14-15-25(27)4/h5-9,12-15,22,28-31,39H,1-2,10-11,16-21,23H2,3-4H3/t28-,29+,30-,31?,35?/m0/s1. The van der Waals surface area contributed by atoms with Gasteiger partial charge in [0.2, 0.25) is 11.8 Å². The number of benzene rings is 2. The zero-order chi connectivity index (χ0) is 30.7. The molecule has 1 spiro atoms. The lowest BCUT2D eigenvalue weighted by atomic mass is 9.70. The minimum atomic E-state index is -0.696. The molecule has 3 fully saturated rings. The van der Waals surface area contributed by atoms with Crippen LogP contribution >= 0.6 is 11.8 Å². The van der Waals surface area contributed by atoms with Gasteiger partial charge in [0.15, 0.2) is 0 Å². The van der Waals surface area contributed by atoms with E-state index >= 15 is 0 Å². The van der Waals surface area contributed by atoms with Gasteiger partial charge in [-0.2, -0.15) is 0 Å². The van der Waals surface area contributed by atoms with Crippen LogP contribution in [0.5, 0.6) is 0 Å². The van der Waals surface area contributed by atoms with E-state index in [9.17, 15) is 19.5 Å². The maximum absolute atomic E-state index is 14.8. The van der Waals surface area contributed by atoms with E-state index in [1.807, 2.05) is 62.4 Å². The van der Waals surface area contributed by atoms with Crippen molar-refractivity contribution in [2.24, 2.45) is 11.8 Å². The Morgan fingerprint density at radius 1 is 1.07 bits per heavy atom.